The maximum Gasteiger partial charge on any atom is 0.254 e. The van der Waals surface area contributed by atoms with Crippen LogP contribution in [0.1, 0.15) is 48.2 Å². The van der Waals surface area contributed by atoms with Gasteiger partial charge in [0.2, 0.25) is 0 Å². The lowest BCUT2D eigenvalue weighted by atomic mass is 9.93. The van der Waals surface area contributed by atoms with E-state index in [-0.39, 0.29) is 5.91 Å². The van der Waals surface area contributed by atoms with Gasteiger partial charge in [-0.3, -0.25) is 4.79 Å². The molecular formula is C20H22ClN3OS. The molecule has 1 aliphatic carbocycles. The number of nitrogens with zero attached hydrogens (tertiary/aromatic N) is 3. The lowest BCUT2D eigenvalue weighted by Gasteiger charge is -2.34. The van der Waals surface area contributed by atoms with Crippen molar-refractivity contribution in [1.82, 2.24) is 14.5 Å². The number of hydrogen-bond acceptors (Lipinski definition) is 3. The highest BCUT2D eigenvalue weighted by atomic mass is 35.5. The van der Waals surface area contributed by atoms with Crippen LogP contribution in [0.2, 0.25) is 4.47 Å². The van der Waals surface area contributed by atoms with Crippen molar-refractivity contribution in [1.29, 1.82) is 0 Å². The number of aromatic nitrogens is 2. The predicted octanol–water partition coefficient (Wildman–Crippen LogP) is 5.26. The molecule has 0 radical (unpaired) electrons. The highest BCUT2D eigenvalue weighted by molar-refractivity contribution is 7.22. The van der Waals surface area contributed by atoms with Gasteiger partial charge >= 0.3 is 0 Å². The van der Waals surface area contributed by atoms with Crippen molar-refractivity contribution in [2.45, 2.75) is 44.7 Å². The SMILES string of the molecule is Cn1cccc1CN(C(=O)c1ccc2nc(Cl)sc2c1)C1CCCCC1. The molecule has 0 aliphatic heterocycles. The third kappa shape index (κ3) is 3.51. The Hall–Kier alpha value is -1.85. The zero-order chi connectivity index (χ0) is 18.1. The molecule has 2 aromatic heterocycles. The molecule has 1 aliphatic rings. The molecule has 6 heteroatoms. The van der Waals surface area contributed by atoms with Crippen LogP contribution in [0.25, 0.3) is 10.2 Å². The van der Waals surface area contributed by atoms with Gasteiger partial charge in [-0.1, -0.05) is 30.9 Å². The number of aryl methyl sites for hydroxylation is 1. The number of rotatable bonds is 4. The number of halogens is 1. The van der Waals surface area contributed by atoms with E-state index in [1.165, 1.54) is 30.6 Å². The summed E-state index contributed by atoms with van der Waals surface area (Å²) < 4.78 is 3.57. The van der Waals surface area contributed by atoms with E-state index in [1.807, 2.05) is 37.5 Å². The van der Waals surface area contributed by atoms with Crippen LogP contribution in [0.4, 0.5) is 0 Å². The van der Waals surface area contributed by atoms with E-state index < -0.39 is 0 Å². The number of carbonyl (C=O) groups is 1. The summed E-state index contributed by atoms with van der Waals surface area (Å²) in [5.41, 5.74) is 2.73. The maximum absolute atomic E-state index is 13.4. The predicted molar refractivity (Wildman–Crippen MR) is 107 cm³/mol. The van der Waals surface area contributed by atoms with E-state index in [9.17, 15) is 4.79 Å². The molecule has 1 amide bonds. The van der Waals surface area contributed by atoms with Gasteiger partial charge in [0.25, 0.3) is 5.91 Å². The molecule has 1 saturated carbocycles. The van der Waals surface area contributed by atoms with Gasteiger partial charge in [0, 0.05) is 30.5 Å². The quantitative estimate of drug-likeness (QED) is 0.612. The molecule has 1 fully saturated rings. The van der Waals surface area contributed by atoms with Crippen molar-refractivity contribution < 1.29 is 4.79 Å². The summed E-state index contributed by atoms with van der Waals surface area (Å²) in [6.45, 7) is 0.647. The first-order chi connectivity index (χ1) is 12.6. The Bertz CT molecular complexity index is 926. The Morgan fingerprint density at radius 3 is 2.85 bits per heavy atom. The molecule has 0 spiro atoms. The van der Waals surface area contributed by atoms with Crippen molar-refractivity contribution in [3.05, 3.63) is 52.3 Å². The second-order valence-corrected chi connectivity index (χ2v) is 8.60. The summed E-state index contributed by atoms with van der Waals surface area (Å²) in [5, 5.41) is 0. The molecule has 1 aromatic carbocycles. The Labute approximate surface area is 162 Å². The molecule has 26 heavy (non-hydrogen) atoms. The van der Waals surface area contributed by atoms with Gasteiger partial charge in [0.05, 0.1) is 16.8 Å². The Morgan fingerprint density at radius 2 is 2.12 bits per heavy atom. The molecule has 0 bridgehead atoms. The zero-order valence-electron chi connectivity index (χ0n) is 14.8. The van der Waals surface area contributed by atoms with Gasteiger partial charge in [-0.05, 0) is 43.2 Å². The van der Waals surface area contributed by atoms with Crippen molar-refractivity contribution in [2.75, 3.05) is 0 Å². The average molecular weight is 388 g/mol. The fourth-order valence-electron chi connectivity index (χ4n) is 3.79. The second kappa shape index (κ2) is 7.41. The van der Waals surface area contributed by atoms with Gasteiger partial charge in [-0.25, -0.2) is 4.98 Å². The number of amides is 1. The maximum atomic E-state index is 13.4. The molecule has 0 N–H and O–H groups in total. The standard InChI is InChI=1S/C20H22ClN3OS/c1-23-11-5-8-16(23)13-24(15-6-3-2-4-7-15)19(25)14-9-10-17-18(12-14)26-20(21)22-17/h5,8-12,15H,2-4,6-7,13H2,1H3. The molecule has 136 valence electrons. The minimum atomic E-state index is 0.101. The highest BCUT2D eigenvalue weighted by Crippen LogP contribution is 2.29. The van der Waals surface area contributed by atoms with Crippen LogP contribution in [0, 0.1) is 0 Å². The van der Waals surface area contributed by atoms with Gasteiger partial charge in [0.15, 0.2) is 4.47 Å². The van der Waals surface area contributed by atoms with Crippen LogP contribution >= 0.6 is 22.9 Å². The van der Waals surface area contributed by atoms with Crippen LogP contribution < -0.4 is 0 Å². The van der Waals surface area contributed by atoms with Gasteiger partial charge < -0.3 is 9.47 Å². The van der Waals surface area contributed by atoms with Crippen LogP contribution in [-0.2, 0) is 13.6 Å². The molecule has 3 aromatic rings. The minimum absolute atomic E-state index is 0.101. The normalized spacial score (nSPS) is 15.5. The van der Waals surface area contributed by atoms with Crippen molar-refractivity contribution in [3.63, 3.8) is 0 Å². The van der Waals surface area contributed by atoms with E-state index in [1.54, 1.807) is 0 Å². The molecule has 0 unspecified atom stereocenters. The molecular weight excluding hydrogens is 366 g/mol. The third-order valence-corrected chi connectivity index (χ3v) is 6.39. The number of carbonyl (C=O) groups excluding carboxylic acids is 1. The number of hydrogen-bond donors (Lipinski definition) is 0. The Morgan fingerprint density at radius 1 is 1.31 bits per heavy atom. The number of thiazole rings is 1. The van der Waals surface area contributed by atoms with E-state index in [0.29, 0.717) is 17.1 Å². The van der Waals surface area contributed by atoms with Crippen LogP contribution in [0.3, 0.4) is 0 Å². The second-order valence-electron chi connectivity index (χ2n) is 6.98. The number of fused-ring (bicyclic) bond motifs is 1. The summed E-state index contributed by atoms with van der Waals surface area (Å²) in [6.07, 6.45) is 7.88. The first-order valence-electron chi connectivity index (χ1n) is 9.09. The summed E-state index contributed by atoms with van der Waals surface area (Å²) >= 11 is 7.44. The average Bonchev–Trinajstić information content (AvgIpc) is 3.23. The van der Waals surface area contributed by atoms with Crippen molar-refractivity contribution >= 4 is 39.1 Å². The van der Waals surface area contributed by atoms with Crippen molar-refractivity contribution in [2.24, 2.45) is 7.05 Å². The summed E-state index contributed by atoms with van der Waals surface area (Å²) in [7, 11) is 2.03. The number of benzene rings is 1. The van der Waals surface area contributed by atoms with Crippen molar-refractivity contribution in [3.8, 4) is 0 Å². The smallest absolute Gasteiger partial charge is 0.254 e. The first-order valence-corrected chi connectivity index (χ1v) is 10.3. The molecule has 4 rings (SSSR count). The van der Waals surface area contributed by atoms with Gasteiger partial charge in [0.1, 0.15) is 0 Å². The summed E-state index contributed by atoms with van der Waals surface area (Å²) in [4.78, 5) is 19.7. The topological polar surface area (TPSA) is 38.1 Å². The Kier molecular flexibility index (Phi) is 5.00. The third-order valence-electron chi connectivity index (χ3n) is 5.27. The fourth-order valence-corrected chi connectivity index (χ4v) is 4.86. The lowest BCUT2D eigenvalue weighted by molar-refractivity contribution is 0.0609. The summed E-state index contributed by atoms with van der Waals surface area (Å²) in [5.74, 6) is 0.101. The highest BCUT2D eigenvalue weighted by Gasteiger charge is 2.27. The fraction of sp³-hybridized carbons (Fsp3) is 0.400. The lowest BCUT2D eigenvalue weighted by Crippen LogP contribution is -2.41. The molecule has 0 atom stereocenters. The molecule has 2 heterocycles. The zero-order valence-corrected chi connectivity index (χ0v) is 16.4. The molecule has 0 saturated heterocycles. The minimum Gasteiger partial charge on any atom is -0.353 e. The Balaban J connectivity index is 1.66. The van der Waals surface area contributed by atoms with E-state index >= 15 is 0 Å². The van der Waals surface area contributed by atoms with Gasteiger partial charge in [-0.15, -0.1) is 11.3 Å². The first kappa shape index (κ1) is 17.6. The van der Waals surface area contributed by atoms with E-state index in [2.05, 4.69) is 20.5 Å². The monoisotopic (exact) mass is 387 g/mol. The largest absolute Gasteiger partial charge is 0.353 e. The summed E-state index contributed by atoms with van der Waals surface area (Å²) in [6, 6.07) is 10.1. The van der Waals surface area contributed by atoms with Gasteiger partial charge in [-0.2, -0.15) is 0 Å². The molecule has 4 nitrogen and oxygen atoms in total. The van der Waals surface area contributed by atoms with E-state index in [0.717, 1.165) is 34.3 Å². The van der Waals surface area contributed by atoms with Crippen LogP contribution in [-0.4, -0.2) is 26.4 Å². The van der Waals surface area contributed by atoms with Crippen LogP contribution in [0.15, 0.2) is 36.5 Å². The van der Waals surface area contributed by atoms with E-state index in [4.69, 9.17) is 11.6 Å². The van der Waals surface area contributed by atoms with Crippen LogP contribution in [0.5, 0.6) is 0 Å².